The van der Waals surface area contributed by atoms with Crippen molar-refractivity contribution in [1.29, 1.82) is 0 Å². The molecule has 0 spiro atoms. The van der Waals surface area contributed by atoms with E-state index in [-0.39, 0.29) is 17.7 Å². The lowest BCUT2D eigenvalue weighted by atomic mass is 9.93. The molecule has 0 radical (unpaired) electrons. The summed E-state index contributed by atoms with van der Waals surface area (Å²) in [7, 11) is 0. The number of thioether (sulfide) groups is 1. The number of rotatable bonds is 5. The normalized spacial score (nSPS) is 18.8. The first-order valence-electron chi connectivity index (χ1n) is 11.0. The van der Waals surface area contributed by atoms with Crippen molar-refractivity contribution in [3.8, 4) is 0 Å². The molecule has 0 aliphatic carbocycles. The van der Waals surface area contributed by atoms with Crippen LogP contribution in [-0.4, -0.2) is 35.9 Å². The molecule has 172 valence electrons. The largest absolute Gasteiger partial charge is 0.481 e. The summed E-state index contributed by atoms with van der Waals surface area (Å²) in [4.78, 5) is 28.1. The van der Waals surface area contributed by atoms with E-state index in [1.165, 1.54) is 0 Å². The Labute approximate surface area is 198 Å². The van der Waals surface area contributed by atoms with Crippen LogP contribution >= 0.6 is 11.8 Å². The molecule has 0 aromatic heterocycles. The number of amides is 1. The zero-order chi connectivity index (χ0) is 23.8. The summed E-state index contributed by atoms with van der Waals surface area (Å²) >= 11 is 1.62. The Morgan fingerprint density at radius 3 is 2.48 bits per heavy atom. The van der Waals surface area contributed by atoms with Gasteiger partial charge in [-0.3, -0.25) is 9.59 Å². The van der Waals surface area contributed by atoms with Crippen LogP contribution in [0, 0.1) is 5.41 Å². The fraction of sp³-hybridized carbons (Fsp3) is 0.333. The van der Waals surface area contributed by atoms with Crippen molar-refractivity contribution < 1.29 is 19.4 Å². The average molecular weight is 464 g/mol. The second kappa shape index (κ2) is 9.20. The molecule has 33 heavy (non-hydrogen) atoms. The predicted molar refractivity (Wildman–Crippen MR) is 133 cm³/mol. The monoisotopic (exact) mass is 463 g/mol. The van der Waals surface area contributed by atoms with Crippen molar-refractivity contribution >= 4 is 40.1 Å². The van der Waals surface area contributed by atoms with Crippen LogP contribution in [0.3, 0.4) is 0 Å². The minimum Gasteiger partial charge on any atom is -0.481 e. The molecule has 1 amide bonds. The molecule has 0 bridgehead atoms. The molecule has 3 aromatic carbocycles. The van der Waals surface area contributed by atoms with Gasteiger partial charge < -0.3 is 14.7 Å². The molecule has 4 rings (SSSR count). The van der Waals surface area contributed by atoms with E-state index >= 15 is 0 Å². The number of carboxylic acids is 1. The predicted octanol–water partition coefficient (Wildman–Crippen LogP) is 5.90. The molecule has 1 aliphatic heterocycles. The second-order valence-corrected chi connectivity index (χ2v) is 10.5. The summed E-state index contributed by atoms with van der Waals surface area (Å²) in [5.41, 5.74) is 2.40. The van der Waals surface area contributed by atoms with E-state index in [1.54, 1.807) is 16.7 Å². The highest BCUT2D eigenvalue weighted by molar-refractivity contribution is 7.98. The van der Waals surface area contributed by atoms with Crippen LogP contribution in [0.1, 0.15) is 44.4 Å². The van der Waals surface area contributed by atoms with E-state index in [2.05, 4.69) is 26.8 Å². The Morgan fingerprint density at radius 2 is 1.79 bits per heavy atom. The third-order valence-corrected chi connectivity index (χ3v) is 6.47. The van der Waals surface area contributed by atoms with Gasteiger partial charge in [-0.05, 0) is 46.2 Å². The number of aliphatic carboxylic acids is 1. The number of carboxylic acid groups (broad SMARTS) is 1. The molecule has 5 nitrogen and oxygen atoms in total. The highest BCUT2D eigenvalue weighted by atomic mass is 32.2. The summed E-state index contributed by atoms with van der Waals surface area (Å²) in [6, 6.07) is 20.1. The van der Waals surface area contributed by atoms with E-state index in [1.807, 2.05) is 60.9 Å². The quantitative estimate of drug-likeness (QED) is 0.477. The molecule has 6 heteroatoms. The Morgan fingerprint density at radius 1 is 1.06 bits per heavy atom. The van der Waals surface area contributed by atoms with Gasteiger partial charge in [-0.25, -0.2) is 0 Å². The number of ether oxygens (including phenoxy) is 1. The van der Waals surface area contributed by atoms with Gasteiger partial charge in [0.1, 0.15) is 12.2 Å². The van der Waals surface area contributed by atoms with Crippen molar-refractivity contribution in [2.45, 2.75) is 44.3 Å². The molecule has 1 N–H and O–H groups in total. The van der Waals surface area contributed by atoms with Crippen LogP contribution in [0.5, 0.6) is 0 Å². The van der Waals surface area contributed by atoms with Crippen LogP contribution in [0.2, 0.25) is 0 Å². The van der Waals surface area contributed by atoms with Crippen molar-refractivity contribution in [3.63, 3.8) is 0 Å². The van der Waals surface area contributed by atoms with E-state index in [4.69, 9.17) is 4.74 Å². The summed E-state index contributed by atoms with van der Waals surface area (Å²) in [5, 5.41) is 11.7. The summed E-state index contributed by atoms with van der Waals surface area (Å²) in [6.45, 7) is 6.66. The van der Waals surface area contributed by atoms with Crippen LogP contribution in [0.15, 0.2) is 65.6 Å². The molecular weight excluding hydrogens is 434 g/mol. The van der Waals surface area contributed by atoms with Crippen molar-refractivity contribution in [2.24, 2.45) is 5.41 Å². The maximum absolute atomic E-state index is 13.6. The average Bonchev–Trinajstić information content (AvgIpc) is 2.87. The van der Waals surface area contributed by atoms with E-state index < -0.39 is 18.2 Å². The third kappa shape index (κ3) is 4.92. The number of carbonyl (C=O) groups is 2. The van der Waals surface area contributed by atoms with Gasteiger partial charge in [0.05, 0.1) is 6.42 Å². The number of fused-ring (bicyclic) bond motifs is 2. The number of benzene rings is 3. The Bertz CT molecular complexity index is 1190. The summed E-state index contributed by atoms with van der Waals surface area (Å²) < 4.78 is 6.42. The first kappa shape index (κ1) is 23.3. The topological polar surface area (TPSA) is 66.8 Å². The van der Waals surface area contributed by atoms with Crippen LogP contribution in [0.4, 0.5) is 5.69 Å². The lowest BCUT2D eigenvalue weighted by Gasteiger charge is -2.31. The Balaban J connectivity index is 1.97. The maximum atomic E-state index is 13.6. The van der Waals surface area contributed by atoms with Gasteiger partial charge in [-0.2, -0.15) is 0 Å². The molecule has 0 saturated carbocycles. The highest BCUT2D eigenvalue weighted by Crippen LogP contribution is 2.43. The minimum absolute atomic E-state index is 0.182. The minimum atomic E-state index is -1.08. The van der Waals surface area contributed by atoms with E-state index in [0.29, 0.717) is 6.54 Å². The fourth-order valence-corrected chi connectivity index (χ4v) is 4.80. The number of hydrogen-bond acceptors (Lipinski definition) is 4. The zero-order valence-electron chi connectivity index (χ0n) is 19.4. The van der Waals surface area contributed by atoms with Crippen LogP contribution in [0.25, 0.3) is 10.8 Å². The Hall–Kier alpha value is -2.83. The lowest BCUT2D eigenvalue weighted by Crippen LogP contribution is -2.44. The first-order valence-corrected chi connectivity index (χ1v) is 12.2. The van der Waals surface area contributed by atoms with E-state index in [0.717, 1.165) is 32.5 Å². The molecule has 2 atom stereocenters. The van der Waals surface area contributed by atoms with E-state index in [9.17, 15) is 14.7 Å². The van der Waals surface area contributed by atoms with Gasteiger partial charge in [-0.15, -0.1) is 11.8 Å². The van der Waals surface area contributed by atoms with Crippen LogP contribution in [-0.2, 0) is 14.3 Å². The molecule has 0 fully saturated rings. The molecule has 1 heterocycles. The molecule has 1 aliphatic rings. The Kier molecular flexibility index (Phi) is 6.50. The molecular formula is C27H29NO4S. The van der Waals surface area contributed by atoms with Crippen molar-refractivity contribution in [1.82, 2.24) is 0 Å². The maximum Gasteiger partial charge on any atom is 0.306 e. The number of anilines is 1. The van der Waals surface area contributed by atoms with Gasteiger partial charge >= 0.3 is 5.97 Å². The number of nitrogens with zero attached hydrogens (tertiary/aromatic N) is 1. The van der Waals surface area contributed by atoms with Gasteiger partial charge in [0, 0.05) is 22.7 Å². The standard InChI is InChI=1S/C27H29NO4S/c1-27(2,3)16-28-22-13-12-18(33-4)14-21(22)25(32-23(26(28)31)15-24(29)30)20-11-7-9-17-8-5-6-10-19(17)20/h5-14,23,25H,15-16H2,1-4H3,(H,29,30)/t23-,25-/m1/s1. The second-order valence-electron chi connectivity index (χ2n) is 9.58. The zero-order valence-corrected chi connectivity index (χ0v) is 20.2. The fourth-order valence-electron chi connectivity index (χ4n) is 4.36. The lowest BCUT2D eigenvalue weighted by molar-refractivity contribution is -0.147. The number of hydrogen-bond donors (Lipinski definition) is 1. The smallest absolute Gasteiger partial charge is 0.306 e. The first-order chi connectivity index (χ1) is 15.7. The van der Waals surface area contributed by atoms with Crippen molar-refractivity contribution in [2.75, 3.05) is 17.7 Å². The van der Waals surface area contributed by atoms with Gasteiger partial charge in [0.15, 0.2) is 0 Å². The van der Waals surface area contributed by atoms with Gasteiger partial charge in [-0.1, -0.05) is 63.2 Å². The highest BCUT2D eigenvalue weighted by Gasteiger charge is 2.39. The molecule has 3 aromatic rings. The van der Waals surface area contributed by atoms with Gasteiger partial charge in [0.25, 0.3) is 5.91 Å². The summed E-state index contributed by atoms with van der Waals surface area (Å²) in [6.07, 6.45) is -0.0304. The van der Waals surface area contributed by atoms with Crippen LogP contribution < -0.4 is 4.90 Å². The third-order valence-electron chi connectivity index (χ3n) is 5.75. The van der Waals surface area contributed by atoms with Crippen molar-refractivity contribution in [3.05, 3.63) is 71.8 Å². The van der Waals surface area contributed by atoms with Gasteiger partial charge in [0.2, 0.25) is 0 Å². The SMILES string of the molecule is CSc1ccc2c(c1)[C@@H](c1cccc3ccccc13)O[C@H](CC(=O)O)C(=O)N2CC(C)(C)C. The number of carbonyl (C=O) groups excluding carboxylic acids is 1. The molecule has 0 saturated heterocycles. The summed E-state index contributed by atoms with van der Waals surface area (Å²) in [5.74, 6) is -1.37. The molecule has 0 unspecified atom stereocenters.